The van der Waals surface area contributed by atoms with Crippen LogP contribution in [0.4, 0.5) is 0 Å². The van der Waals surface area contributed by atoms with E-state index in [2.05, 4.69) is 48.3 Å². The zero-order valence-corrected chi connectivity index (χ0v) is 15.7. The molecule has 27 heavy (non-hydrogen) atoms. The van der Waals surface area contributed by atoms with Crippen molar-refractivity contribution in [2.75, 3.05) is 0 Å². The number of benzene rings is 2. The number of nitrogens with one attached hydrogen (secondary N) is 1. The van der Waals surface area contributed by atoms with E-state index in [0.29, 0.717) is 18.6 Å². The number of aromatic amines is 1. The van der Waals surface area contributed by atoms with Gasteiger partial charge >= 0.3 is 0 Å². The molecule has 0 saturated heterocycles. The molecule has 1 atom stereocenters. The summed E-state index contributed by atoms with van der Waals surface area (Å²) in [4.78, 5) is 15.5. The van der Waals surface area contributed by atoms with E-state index in [4.69, 9.17) is 0 Å². The molecule has 0 amide bonds. The minimum atomic E-state index is 0.00704. The monoisotopic (exact) mass is 359 g/mol. The molecule has 4 rings (SSSR count). The van der Waals surface area contributed by atoms with Crippen molar-refractivity contribution in [2.45, 2.75) is 44.9 Å². The molecule has 1 fully saturated rings. The third-order valence-electron chi connectivity index (χ3n) is 5.60. The van der Waals surface area contributed by atoms with Crippen molar-refractivity contribution in [1.82, 2.24) is 4.98 Å². The molecule has 1 aliphatic carbocycles. The molecule has 2 aromatic carbocycles. The minimum Gasteiger partial charge on any atom is -0.494 e. The number of carbonyl (C=O) groups excluding carboxylic acids is 1. The van der Waals surface area contributed by atoms with Gasteiger partial charge in [0.25, 0.3) is 0 Å². The molecule has 3 heteroatoms. The van der Waals surface area contributed by atoms with Gasteiger partial charge in [0.1, 0.15) is 5.78 Å². The van der Waals surface area contributed by atoms with E-state index < -0.39 is 0 Å². The van der Waals surface area contributed by atoms with Crippen LogP contribution in [0.25, 0.3) is 11.3 Å². The second-order valence-corrected chi connectivity index (χ2v) is 7.56. The molecule has 2 N–H and O–H groups in total. The number of Topliss-reactive ketones (excluding diaryl/α,β-unsaturated/α-hetero) is 1. The summed E-state index contributed by atoms with van der Waals surface area (Å²) in [6, 6.07) is 18.4. The van der Waals surface area contributed by atoms with Crippen LogP contribution in [0, 0.1) is 6.92 Å². The van der Waals surface area contributed by atoms with E-state index in [9.17, 15) is 9.90 Å². The zero-order chi connectivity index (χ0) is 18.8. The van der Waals surface area contributed by atoms with Crippen molar-refractivity contribution in [2.24, 2.45) is 0 Å². The SMILES string of the molecule is Cc1ccc(-c2cc(Cc3ccccc3C3CCCCC3=O)c(O)[nH]2)cc1. The van der Waals surface area contributed by atoms with Crippen LogP contribution in [0.2, 0.25) is 0 Å². The summed E-state index contributed by atoms with van der Waals surface area (Å²) in [6.07, 6.45) is 4.36. The van der Waals surface area contributed by atoms with Crippen molar-refractivity contribution in [3.05, 3.63) is 76.9 Å². The van der Waals surface area contributed by atoms with Crippen molar-refractivity contribution >= 4 is 5.78 Å². The lowest BCUT2D eigenvalue weighted by Crippen LogP contribution is -2.18. The number of aromatic nitrogens is 1. The Balaban J connectivity index is 1.63. The van der Waals surface area contributed by atoms with E-state index >= 15 is 0 Å². The Hall–Kier alpha value is -2.81. The highest BCUT2D eigenvalue weighted by Crippen LogP contribution is 2.34. The van der Waals surface area contributed by atoms with E-state index in [1.54, 1.807) is 0 Å². The molecular formula is C24H25NO2. The lowest BCUT2D eigenvalue weighted by atomic mass is 9.80. The standard InChI is InChI=1S/C24H25NO2/c1-16-10-12-17(13-11-16)22-15-19(24(27)25-22)14-18-6-2-3-7-20(18)21-8-4-5-9-23(21)26/h2-3,6-7,10-13,15,21,25,27H,4-5,8-9,14H2,1H3. The Morgan fingerprint density at radius 1 is 1.04 bits per heavy atom. The van der Waals surface area contributed by atoms with Gasteiger partial charge in [-0.2, -0.15) is 0 Å². The number of rotatable bonds is 4. The van der Waals surface area contributed by atoms with Crippen molar-refractivity contribution in [1.29, 1.82) is 0 Å². The summed E-state index contributed by atoms with van der Waals surface area (Å²) in [5, 5.41) is 10.4. The van der Waals surface area contributed by atoms with Gasteiger partial charge in [-0.25, -0.2) is 0 Å². The van der Waals surface area contributed by atoms with Crippen LogP contribution in [0.1, 0.15) is 53.9 Å². The normalized spacial score (nSPS) is 17.2. The molecule has 3 nitrogen and oxygen atoms in total. The summed E-state index contributed by atoms with van der Waals surface area (Å²) in [6.45, 7) is 2.06. The number of aromatic hydroxyl groups is 1. The summed E-state index contributed by atoms with van der Waals surface area (Å²) in [5.41, 5.74) is 6.29. The first-order chi connectivity index (χ1) is 13.1. The molecule has 0 bridgehead atoms. The third kappa shape index (κ3) is 3.68. The first-order valence-electron chi connectivity index (χ1n) is 9.70. The molecule has 1 aliphatic rings. The van der Waals surface area contributed by atoms with E-state index in [1.165, 1.54) is 5.56 Å². The maximum absolute atomic E-state index is 12.4. The first-order valence-corrected chi connectivity index (χ1v) is 9.70. The van der Waals surface area contributed by atoms with Gasteiger partial charge < -0.3 is 10.1 Å². The highest BCUT2D eigenvalue weighted by Gasteiger charge is 2.26. The van der Waals surface area contributed by atoms with Gasteiger partial charge in [0.2, 0.25) is 0 Å². The van der Waals surface area contributed by atoms with E-state index in [-0.39, 0.29) is 11.8 Å². The lowest BCUT2D eigenvalue weighted by molar-refractivity contribution is -0.121. The van der Waals surface area contributed by atoms with Crippen molar-refractivity contribution in [3.63, 3.8) is 0 Å². The topological polar surface area (TPSA) is 53.1 Å². The van der Waals surface area contributed by atoms with Crippen molar-refractivity contribution < 1.29 is 9.90 Å². The second kappa shape index (κ2) is 7.43. The van der Waals surface area contributed by atoms with Gasteiger partial charge in [0, 0.05) is 30.0 Å². The summed E-state index contributed by atoms with van der Waals surface area (Å²) in [7, 11) is 0. The summed E-state index contributed by atoms with van der Waals surface area (Å²) in [5.74, 6) is 0.565. The maximum Gasteiger partial charge on any atom is 0.192 e. The third-order valence-corrected chi connectivity index (χ3v) is 5.60. The highest BCUT2D eigenvalue weighted by atomic mass is 16.3. The number of H-pyrrole nitrogens is 1. The van der Waals surface area contributed by atoms with Crippen LogP contribution in [0.15, 0.2) is 54.6 Å². The summed E-state index contributed by atoms with van der Waals surface area (Å²) >= 11 is 0. The molecular weight excluding hydrogens is 334 g/mol. The van der Waals surface area contributed by atoms with E-state index in [1.807, 2.05) is 18.2 Å². The van der Waals surface area contributed by atoms with Gasteiger partial charge in [0.15, 0.2) is 5.88 Å². The van der Waals surface area contributed by atoms with Gasteiger partial charge in [-0.05, 0) is 42.5 Å². The molecule has 3 aromatic rings. The fourth-order valence-electron chi connectivity index (χ4n) is 4.06. The number of ketones is 1. The average Bonchev–Trinajstić information content (AvgIpc) is 3.04. The quantitative estimate of drug-likeness (QED) is 0.645. The first kappa shape index (κ1) is 17.6. The predicted octanol–water partition coefficient (Wildman–Crippen LogP) is 5.51. The van der Waals surface area contributed by atoms with Gasteiger partial charge in [-0.3, -0.25) is 4.79 Å². The smallest absolute Gasteiger partial charge is 0.192 e. The fourth-order valence-corrected chi connectivity index (χ4v) is 4.06. The molecule has 0 radical (unpaired) electrons. The second-order valence-electron chi connectivity index (χ2n) is 7.56. The predicted molar refractivity (Wildman–Crippen MR) is 108 cm³/mol. The molecule has 138 valence electrons. The Labute approximate surface area is 160 Å². The average molecular weight is 359 g/mol. The minimum absolute atomic E-state index is 0.00704. The molecule has 1 aromatic heterocycles. The fraction of sp³-hybridized carbons (Fsp3) is 0.292. The van der Waals surface area contributed by atoms with Crippen LogP contribution >= 0.6 is 0 Å². The molecule has 0 spiro atoms. The van der Waals surface area contributed by atoms with Gasteiger partial charge in [-0.15, -0.1) is 0 Å². The number of hydrogen-bond acceptors (Lipinski definition) is 2. The highest BCUT2D eigenvalue weighted by molar-refractivity contribution is 5.86. The lowest BCUT2D eigenvalue weighted by Gasteiger charge is -2.23. The summed E-state index contributed by atoms with van der Waals surface area (Å²) < 4.78 is 0. The Morgan fingerprint density at radius 3 is 2.59 bits per heavy atom. The zero-order valence-electron chi connectivity index (χ0n) is 15.7. The Bertz CT molecular complexity index is 953. The molecule has 0 aliphatic heterocycles. The molecule has 1 saturated carbocycles. The molecule has 1 heterocycles. The van der Waals surface area contributed by atoms with Crippen LogP contribution in [0.3, 0.4) is 0 Å². The van der Waals surface area contributed by atoms with Crippen LogP contribution in [-0.4, -0.2) is 15.9 Å². The largest absolute Gasteiger partial charge is 0.494 e. The maximum atomic E-state index is 12.4. The van der Waals surface area contributed by atoms with E-state index in [0.717, 1.165) is 47.2 Å². The molecule has 1 unspecified atom stereocenters. The Morgan fingerprint density at radius 2 is 1.81 bits per heavy atom. The number of hydrogen-bond donors (Lipinski definition) is 2. The van der Waals surface area contributed by atoms with Crippen LogP contribution < -0.4 is 0 Å². The van der Waals surface area contributed by atoms with Gasteiger partial charge in [-0.1, -0.05) is 60.5 Å². The number of carbonyl (C=O) groups is 1. The Kier molecular flexibility index (Phi) is 4.85. The number of aryl methyl sites for hydroxylation is 1. The van der Waals surface area contributed by atoms with Gasteiger partial charge in [0.05, 0.1) is 0 Å². The van der Waals surface area contributed by atoms with Crippen molar-refractivity contribution in [3.8, 4) is 17.1 Å². The van der Waals surface area contributed by atoms with Crippen LogP contribution in [-0.2, 0) is 11.2 Å². The van der Waals surface area contributed by atoms with Crippen LogP contribution in [0.5, 0.6) is 5.88 Å².